The monoisotopic (exact) mass is 233 g/mol. The molecule has 0 radical (unpaired) electrons. The lowest BCUT2D eigenvalue weighted by molar-refractivity contribution is -0.126. The molecule has 92 valence electrons. The van der Waals surface area contributed by atoms with E-state index in [2.05, 4.69) is 10.2 Å². The Morgan fingerprint density at radius 3 is 2.82 bits per heavy atom. The molecular weight excluding hydrogens is 214 g/mol. The number of rotatable bonds is 1. The number of carbonyl (C=O) groups is 1. The van der Waals surface area contributed by atoms with Crippen LogP contribution >= 0.6 is 0 Å². The number of piperazine rings is 1. The molecule has 2 rings (SSSR count). The number of nitrogens with zero attached hydrogens (tertiary/aromatic N) is 1. The van der Waals surface area contributed by atoms with Crippen LogP contribution in [-0.2, 0) is 4.79 Å². The molecular formula is C13H19N3O. The third-order valence-corrected chi connectivity index (χ3v) is 3.38. The molecule has 1 saturated heterocycles. The minimum absolute atomic E-state index is 0.0607. The Balaban J connectivity index is 2.44. The highest BCUT2D eigenvalue weighted by atomic mass is 16.2. The number of benzene rings is 1. The van der Waals surface area contributed by atoms with Crippen LogP contribution < -0.4 is 16.0 Å². The lowest BCUT2D eigenvalue weighted by Gasteiger charge is -2.43. The van der Waals surface area contributed by atoms with Gasteiger partial charge < -0.3 is 16.0 Å². The van der Waals surface area contributed by atoms with Gasteiger partial charge in [0.2, 0.25) is 5.91 Å². The summed E-state index contributed by atoms with van der Waals surface area (Å²) in [6.07, 6.45) is 0. The molecule has 1 fully saturated rings. The first kappa shape index (κ1) is 11.8. The van der Waals surface area contributed by atoms with Crippen molar-refractivity contribution < 1.29 is 4.79 Å². The van der Waals surface area contributed by atoms with Gasteiger partial charge in [-0.1, -0.05) is 6.07 Å². The van der Waals surface area contributed by atoms with E-state index < -0.39 is 5.54 Å². The van der Waals surface area contributed by atoms with Crippen molar-refractivity contribution in [2.75, 3.05) is 23.7 Å². The van der Waals surface area contributed by atoms with Crippen molar-refractivity contribution in [3.05, 3.63) is 23.8 Å². The van der Waals surface area contributed by atoms with Crippen molar-refractivity contribution in [3.63, 3.8) is 0 Å². The number of amides is 1. The number of nitrogen functional groups attached to an aromatic ring is 1. The standard InChI is InChI=1S/C13H19N3O/c1-9-4-5-10(14)8-11(9)16-7-6-15-12(17)13(16,2)3/h4-5,8H,6-7,14H2,1-3H3,(H,15,17). The fraction of sp³-hybridized carbons (Fsp3) is 0.462. The van der Waals surface area contributed by atoms with Gasteiger partial charge in [0.1, 0.15) is 5.54 Å². The number of hydrogen-bond donors (Lipinski definition) is 2. The van der Waals surface area contributed by atoms with Gasteiger partial charge >= 0.3 is 0 Å². The highest BCUT2D eigenvalue weighted by Gasteiger charge is 2.38. The summed E-state index contributed by atoms with van der Waals surface area (Å²) in [5, 5.41) is 2.89. The van der Waals surface area contributed by atoms with E-state index in [0.717, 1.165) is 23.5 Å². The number of nitrogens with one attached hydrogen (secondary N) is 1. The highest BCUT2D eigenvalue weighted by Crippen LogP contribution is 2.30. The molecule has 4 heteroatoms. The zero-order chi connectivity index (χ0) is 12.6. The first-order valence-corrected chi connectivity index (χ1v) is 5.85. The molecule has 0 atom stereocenters. The van der Waals surface area contributed by atoms with Crippen molar-refractivity contribution in [2.24, 2.45) is 0 Å². The van der Waals surface area contributed by atoms with Crippen molar-refractivity contribution in [3.8, 4) is 0 Å². The fourth-order valence-corrected chi connectivity index (χ4v) is 2.24. The quantitative estimate of drug-likeness (QED) is 0.719. The number of aryl methyl sites for hydroxylation is 1. The van der Waals surface area contributed by atoms with E-state index in [1.807, 2.05) is 39.0 Å². The molecule has 4 nitrogen and oxygen atoms in total. The van der Waals surface area contributed by atoms with Gasteiger partial charge in [0, 0.05) is 24.5 Å². The van der Waals surface area contributed by atoms with Crippen LogP contribution in [0.3, 0.4) is 0 Å². The average molecular weight is 233 g/mol. The van der Waals surface area contributed by atoms with Gasteiger partial charge in [0.25, 0.3) is 0 Å². The molecule has 0 unspecified atom stereocenters. The first-order valence-electron chi connectivity index (χ1n) is 5.85. The topological polar surface area (TPSA) is 58.4 Å². The zero-order valence-electron chi connectivity index (χ0n) is 10.6. The van der Waals surface area contributed by atoms with Crippen LogP contribution in [0.25, 0.3) is 0 Å². The Bertz CT molecular complexity index is 454. The molecule has 0 bridgehead atoms. The Kier molecular flexibility index (Phi) is 2.73. The minimum Gasteiger partial charge on any atom is -0.399 e. The number of nitrogens with two attached hydrogens (primary N) is 1. The maximum atomic E-state index is 11.9. The number of anilines is 2. The molecule has 1 amide bonds. The second-order valence-electron chi connectivity index (χ2n) is 5.01. The van der Waals surface area contributed by atoms with Gasteiger partial charge in [0.15, 0.2) is 0 Å². The van der Waals surface area contributed by atoms with E-state index in [1.54, 1.807) is 0 Å². The van der Waals surface area contributed by atoms with E-state index in [1.165, 1.54) is 0 Å². The van der Waals surface area contributed by atoms with Crippen molar-refractivity contribution in [1.82, 2.24) is 5.32 Å². The summed E-state index contributed by atoms with van der Waals surface area (Å²) in [7, 11) is 0. The van der Waals surface area contributed by atoms with Crippen molar-refractivity contribution >= 4 is 17.3 Å². The van der Waals surface area contributed by atoms with Crippen molar-refractivity contribution in [1.29, 1.82) is 0 Å². The molecule has 3 N–H and O–H groups in total. The maximum absolute atomic E-state index is 11.9. The summed E-state index contributed by atoms with van der Waals surface area (Å²) in [5.74, 6) is 0.0607. The lowest BCUT2D eigenvalue weighted by Crippen LogP contribution is -2.62. The molecule has 17 heavy (non-hydrogen) atoms. The average Bonchev–Trinajstić information content (AvgIpc) is 2.26. The van der Waals surface area contributed by atoms with Gasteiger partial charge in [-0.05, 0) is 38.5 Å². The van der Waals surface area contributed by atoms with Crippen LogP contribution in [-0.4, -0.2) is 24.5 Å². The number of hydrogen-bond acceptors (Lipinski definition) is 3. The second-order valence-corrected chi connectivity index (χ2v) is 5.01. The summed E-state index contributed by atoms with van der Waals surface area (Å²) in [5.41, 5.74) is 8.22. The lowest BCUT2D eigenvalue weighted by atomic mass is 9.96. The Morgan fingerprint density at radius 1 is 1.41 bits per heavy atom. The summed E-state index contributed by atoms with van der Waals surface area (Å²) >= 11 is 0. The van der Waals surface area contributed by atoms with E-state index in [0.29, 0.717) is 6.54 Å². The van der Waals surface area contributed by atoms with E-state index in [9.17, 15) is 4.79 Å². The summed E-state index contributed by atoms with van der Waals surface area (Å²) in [4.78, 5) is 14.0. The smallest absolute Gasteiger partial charge is 0.245 e. The largest absolute Gasteiger partial charge is 0.399 e. The third-order valence-electron chi connectivity index (χ3n) is 3.38. The molecule has 0 aliphatic carbocycles. The second kappa shape index (κ2) is 3.95. The van der Waals surface area contributed by atoms with Crippen LogP contribution in [0.5, 0.6) is 0 Å². The van der Waals surface area contributed by atoms with Crippen LogP contribution in [0.2, 0.25) is 0 Å². The summed E-state index contributed by atoms with van der Waals surface area (Å²) < 4.78 is 0. The minimum atomic E-state index is -0.531. The normalized spacial score (nSPS) is 19.0. The zero-order valence-corrected chi connectivity index (χ0v) is 10.6. The van der Waals surface area contributed by atoms with Gasteiger partial charge in [-0.2, -0.15) is 0 Å². The fourth-order valence-electron chi connectivity index (χ4n) is 2.24. The van der Waals surface area contributed by atoms with Gasteiger partial charge in [-0.15, -0.1) is 0 Å². The SMILES string of the molecule is Cc1ccc(N)cc1N1CCNC(=O)C1(C)C. The van der Waals surface area contributed by atoms with Gasteiger partial charge in [0.05, 0.1) is 0 Å². The Hall–Kier alpha value is -1.71. The van der Waals surface area contributed by atoms with Gasteiger partial charge in [-0.25, -0.2) is 0 Å². The van der Waals surface area contributed by atoms with Crippen LogP contribution in [0, 0.1) is 6.92 Å². The summed E-state index contributed by atoms with van der Waals surface area (Å²) in [6.45, 7) is 7.39. The molecule has 0 saturated carbocycles. The van der Waals surface area contributed by atoms with Crippen LogP contribution in [0.15, 0.2) is 18.2 Å². The van der Waals surface area contributed by atoms with E-state index in [4.69, 9.17) is 5.73 Å². The molecule has 1 heterocycles. The molecule has 1 aromatic rings. The van der Waals surface area contributed by atoms with Crippen LogP contribution in [0.1, 0.15) is 19.4 Å². The molecule has 1 aliphatic heterocycles. The van der Waals surface area contributed by atoms with Crippen molar-refractivity contribution in [2.45, 2.75) is 26.3 Å². The molecule has 0 aromatic heterocycles. The van der Waals surface area contributed by atoms with E-state index >= 15 is 0 Å². The Labute approximate surface area is 102 Å². The molecule has 1 aromatic carbocycles. The molecule has 0 spiro atoms. The molecule has 1 aliphatic rings. The summed E-state index contributed by atoms with van der Waals surface area (Å²) in [6, 6.07) is 5.82. The first-order chi connectivity index (χ1) is 7.93. The highest BCUT2D eigenvalue weighted by molar-refractivity contribution is 5.90. The Morgan fingerprint density at radius 2 is 2.12 bits per heavy atom. The maximum Gasteiger partial charge on any atom is 0.245 e. The predicted molar refractivity (Wildman–Crippen MR) is 70.0 cm³/mol. The predicted octanol–water partition coefficient (Wildman–Crippen LogP) is 1.29. The number of carbonyl (C=O) groups excluding carboxylic acids is 1. The van der Waals surface area contributed by atoms with Crippen LogP contribution in [0.4, 0.5) is 11.4 Å². The van der Waals surface area contributed by atoms with E-state index in [-0.39, 0.29) is 5.91 Å². The van der Waals surface area contributed by atoms with Gasteiger partial charge in [-0.3, -0.25) is 4.79 Å². The third kappa shape index (κ3) is 1.95.